The van der Waals surface area contributed by atoms with E-state index in [1.54, 1.807) is 12.4 Å². The van der Waals surface area contributed by atoms with Gasteiger partial charge in [0.1, 0.15) is 0 Å². The van der Waals surface area contributed by atoms with Crippen LogP contribution in [0.15, 0.2) is 119 Å². The maximum Gasteiger partial charge on any atom is 0.0708 e. The highest BCUT2D eigenvalue weighted by atomic mass is 14.8. The summed E-state index contributed by atoms with van der Waals surface area (Å²) in [6.45, 7) is 0. The van der Waals surface area contributed by atoms with Crippen LogP contribution in [-0.2, 0) is 0 Å². The van der Waals surface area contributed by atoms with Crippen molar-refractivity contribution in [2.45, 2.75) is 0 Å². The van der Waals surface area contributed by atoms with Gasteiger partial charge >= 0.3 is 0 Å². The third-order valence-electron chi connectivity index (χ3n) is 4.47. The molecule has 0 atom stereocenters. The van der Waals surface area contributed by atoms with E-state index in [2.05, 4.69) is 46.4 Å². The average molecular weight is 360 g/mol. The minimum absolute atomic E-state index is 0.927. The fourth-order valence-corrected chi connectivity index (χ4v) is 3.12. The lowest BCUT2D eigenvalue weighted by atomic mass is 10.0. The van der Waals surface area contributed by atoms with E-state index in [0.717, 1.165) is 33.6 Å². The number of hydrogen-bond donors (Lipinski definition) is 0. The summed E-state index contributed by atoms with van der Waals surface area (Å²) in [5, 5.41) is 0. The highest BCUT2D eigenvalue weighted by Crippen LogP contribution is 2.30. The van der Waals surface area contributed by atoms with Crippen molar-refractivity contribution in [2.75, 3.05) is 0 Å². The monoisotopic (exact) mass is 360 g/mol. The molecule has 0 saturated carbocycles. The Balaban J connectivity index is 1.59. The van der Waals surface area contributed by atoms with Crippen LogP contribution >= 0.6 is 0 Å². The fraction of sp³-hybridized carbons (Fsp3) is 0. The van der Waals surface area contributed by atoms with E-state index in [1.807, 2.05) is 72.8 Å². The van der Waals surface area contributed by atoms with Crippen molar-refractivity contribution >= 4 is 23.8 Å². The molecule has 0 unspecified atom stereocenters. The quantitative estimate of drug-likeness (QED) is 0.338. The molecule has 0 aliphatic rings. The molecule has 0 aromatic heterocycles. The zero-order chi connectivity index (χ0) is 19.0. The molecule has 4 aromatic rings. The van der Waals surface area contributed by atoms with Crippen molar-refractivity contribution in [3.63, 3.8) is 0 Å². The number of nitrogens with zero attached hydrogens (tertiary/aromatic N) is 2. The lowest BCUT2D eigenvalue weighted by Gasteiger charge is -2.05. The topological polar surface area (TPSA) is 24.7 Å². The summed E-state index contributed by atoms with van der Waals surface area (Å²) in [7, 11) is 0. The van der Waals surface area contributed by atoms with Gasteiger partial charge in [0, 0.05) is 23.6 Å². The van der Waals surface area contributed by atoms with Gasteiger partial charge in [-0.1, -0.05) is 97.1 Å². The SMILES string of the molecule is C(C=Nc1ccccc1-c1ccccc1)=Nc1ccccc1-c1ccccc1. The van der Waals surface area contributed by atoms with Gasteiger partial charge in [-0.15, -0.1) is 0 Å². The second-order valence-electron chi connectivity index (χ2n) is 6.32. The third kappa shape index (κ3) is 4.13. The summed E-state index contributed by atoms with van der Waals surface area (Å²) in [5.74, 6) is 0. The summed E-state index contributed by atoms with van der Waals surface area (Å²) < 4.78 is 0. The predicted octanol–water partition coefficient (Wildman–Crippen LogP) is 7.13. The van der Waals surface area contributed by atoms with Crippen molar-refractivity contribution in [1.29, 1.82) is 0 Å². The lowest BCUT2D eigenvalue weighted by Crippen LogP contribution is -1.82. The van der Waals surface area contributed by atoms with E-state index in [1.165, 1.54) is 0 Å². The molecule has 4 rings (SSSR count). The summed E-state index contributed by atoms with van der Waals surface area (Å²) in [6, 6.07) is 36.9. The maximum atomic E-state index is 4.63. The minimum Gasteiger partial charge on any atom is -0.255 e. The van der Waals surface area contributed by atoms with Crippen molar-refractivity contribution in [3.8, 4) is 22.3 Å². The van der Waals surface area contributed by atoms with Crippen LogP contribution in [0.4, 0.5) is 11.4 Å². The minimum atomic E-state index is 0.927. The van der Waals surface area contributed by atoms with E-state index in [-0.39, 0.29) is 0 Å². The molecule has 134 valence electrons. The summed E-state index contributed by atoms with van der Waals surface area (Å²) >= 11 is 0. The Morgan fingerprint density at radius 2 is 0.750 bits per heavy atom. The Morgan fingerprint density at radius 3 is 1.18 bits per heavy atom. The molecule has 4 aromatic carbocycles. The van der Waals surface area contributed by atoms with Crippen LogP contribution in [0.1, 0.15) is 0 Å². The molecule has 0 aliphatic heterocycles. The van der Waals surface area contributed by atoms with Gasteiger partial charge in [0.15, 0.2) is 0 Å². The summed E-state index contributed by atoms with van der Waals surface area (Å²) in [4.78, 5) is 9.25. The molecule has 0 radical (unpaired) electrons. The first kappa shape index (κ1) is 17.6. The Labute approximate surface area is 165 Å². The highest BCUT2D eigenvalue weighted by molar-refractivity contribution is 6.18. The molecule has 0 aliphatic carbocycles. The molecule has 0 saturated heterocycles. The van der Waals surface area contributed by atoms with Gasteiger partial charge in [-0.25, -0.2) is 0 Å². The number of aliphatic imine (C=N–C) groups is 2. The predicted molar refractivity (Wildman–Crippen MR) is 120 cm³/mol. The molecule has 28 heavy (non-hydrogen) atoms. The van der Waals surface area contributed by atoms with Gasteiger partial charge in [-0.05, 0) is 23.3 Å². The van der Waals surface area contributed by atoms with Gasteiger partial charge in [-0.2, -0.15) is 0 Å². The maximum absolute atomic E-state index is 4.63. The molecule has 0 heterocycles. The van der Waals surface area contributed by atoms with Crippen LogP contribution in [0, 0.1) is 0 Å². The van der Waals surface area contributed by atoms with Crippen molar-refractivity contribution in [1.82, 2.24) is 0 Å². The number of hydrogen-bond acceptors (Lipinski definition) is 2. The van der Waals surface area contributed by atoms with Crippen LogP contribution < -0.4 is 0 Å². The van der Waals surface area contributed by atoms with Gasteiger partial charge in [0.25, 0.3) is 0 Å². The second kappa shape index (κ2) is 8.74. The van der Waals surface area contributed by atoms with E-state index in [9.17, 15) is 0 Å². The van der Waals surface area contributed by atoms with E-state index < -0.39 is 0 Å². The van der Waals surface area contributed by atoms with Crippen molar-refractivity contribution in [3.05, 3.63) is 109 Å². The highest BCUT2D eigenvalue weighted by Gasteiger charge is 2.03. The van der Waals surface area contributed by atoms with Gasteiger partial charge < -0.3 is 0 Å². The van der Waals surface area contributed by atoms with Crippen LogP contribution in [0.5, 0.6) is 0 Å². The number of rotatable bonds is 5. The van der Waals surface area contributed by atoms with Crippen LogP contribution in [-0.4, -0.2) is 12.4 Å². The number of benzene rings is 4. The Bertz CT molecular complexity index is 1010. The van der Waals surface area contributed by atoms with Gasteiger partial charge in [0.05, 0.1) is 11.4 Å². The lowest BCUT2D eigenvalue weighted by molar-refractivity contribution is 1.51. The Morgan fingerprint density at radius 1 is 0.393 bits per heavy atom. The van der Waals surface area contributed by atoms with Crippen LogP contribution in [0.3, 0.4) is 0 Å². The molecule has 2 heteroatoms. The second-order valence-corrected chi connectivity index (χ2v) is 6.32. The van der Waals surface area contributed by atoms with Crippen molar-refractivity contribution in [2.24, 2.45) is 9.98 Å². The molecule has 0 N–H and O–H groups in total. The van der Waals surface area contributed by atoms with E-state index in [0.29, 0.717) is 0 Å². The number of para-hydroxylation sites is 2. The average Bonchev–Trinajstić information content (AvgIpc) is 2.78. The molecule has 0 bridgehead atoms. The molecule has 2 nitrogen and oxygen atoms in total. The molecular formula is C26H20N2. The smallest absolute Gasteiger partial charge is 0.0708 e. The normalized spacial score (nSPS) is 11.3. The Hall–Kier alpha value is -3.78. The first-order valence-corrected chi connectivity index (χ1v) is 9.27. The third-order valence-corrected chi connectivity index (χ3v) is 4.47. The van der Waals surface area contributed by atoms with E-state index >= 15 is 0 Å². The largest absolute Gasteiger partial charge is 0.255 e. The van der Waals surface area contributed by atoms with Crippen LogP contribution in [0.2, 0.25) is 0 Å². The molecular weight excluding hydrogens is 340 g/mol. The van der Waals surface area contributed by atoms with Gasteiger partial charge in [0.2, 0.25) is 0 Å². The standard InChI is InChI=1S/C26H20N2/c1-3-11-21(12-4-1)23-15-7-9-17-25(23)27-19-20-28-26-18-10-8-16-24(26)22-13-5-2-6-14-22/h1-20H. The van der Waals surface area contributed by atoms with E-state index in [4.69, 9.17) is 0 Å². The molecule has 0 amide bonds. The molecule has 0 spiro atoms. The summed E-state index contributed by atoms with van der Waals surface area (Å²) in [6.07, 6.45) is 3.51. The summed E-state index contributed by atoms with van der Waals surface area (Å²) in [5.41, 5.74) is 6.38. The Kier molecular flexibility index (Phi) is 5.50. The van der Waals surface area contributed by atoms with Gasteiger partial charge in [-0.3, -0.25) is 9.98 Å². The first-order valence-electron chi connectivity index (χ1n) is 9.27. The fourth-order valence-electron chi connectivity index (χ4n) is 3.12. The first-order chi connectivity index (χ1) is 13.9. The van der Waals surface area contributed by atoms with Crippen molar-refractivity contribution < 1.29 is 0 Å². The zero-order valence-electron chi connectivity index (χ0n) is 15.4. The van der Waals surface area contributed by atoms with Crippen LogP contribution in [0.25, 0.3) is 22.3 Å². The molecule has 0 fully saturated rings. The zero-order valence-corrected chi connectivity index (χ0v) is 15.4.